The summed E-state index contributed by atoms with van der Waals surface area (Å²) in [6.07, 6.45) is 2.71. The number of carboxylic acid groups (broad SMARTS) is 1. The van der Waals surface area contributed by atoms with Crippen molar-refractivity contribution in [1.29, 1.82) is 0 Å². The molecule has 154 valence electrons. The Labute approximate surface area is 164 Å². The summed E-state index contributed by atoms with van der Waals surface area (Å²) in [4.78, 5) is 61.0. The SMILES string of the molecule is C[C@]1(CCC(=O)NCCC(=O)O)C(=O)CC[C@@H]2[C@@H]1C(=O)C[C@]1(C)C(=O)CC[C@@H]21. The first kappa shape index (κ1) is 20.7. The average molecular weight is 391 g/mol. The molecule has 7 heteroatoms. The van der Waals surface area contributed by atoms with Crippen molar-refractivity contribution >= 4 is 29.2 Å². The minimum Gasteiger partial charge on any atom is -0.481 e. The molecule has 0 unspecified atom stereocenters. The number of rotatable bonds is 6. The zero-order chi connectivity index (χ0) is 20.7. The standard InChI is InChI=1S/C21H29NO6/c1-20(9-7-17(26)22-10-8-18(27)28)15(24)5-3-12-13-4-6-16(25)21(13,2)11-14(23)19(12)20/h12-13,19H,3-11H2,1-2H3,(H,22,26)(H,27,28)/t12-,13-,19+,20-,21-/m0/s1. The van der Waals surface area contributed by atoms with Crippen molar-refractivity contribution < 1.29 is 29.1 Å². The van der Waals surface area contributed by atoms with E-state index in [1.165, 1.54) is 0 Å². The topological polar surface area (TPSA) is 118 Å². The molecule has 3 saturated carbocycles. The number of hydrogen-bond acceptors (Lipinski definition) is 5. The van der Waals surface area contributed by atoms with Gasteiger partial charge >= 0.3 is 5.97 Å². The lowest BCUT2D eigenvalue weighted by molar-refractivity contribution is -0.160. The number of nitrogens with one attached hydrogen (secondary N) is 1. The van der Waals surface area contributed by atoms with Crippen molar-refractivity contribution in [3.8, 4) is 0 Å². The van der Waals surface area contributed by atoms with Gasteiger partial charge in [0.15, 0.2) is 0 Å². The molecule has 0 spiro atoms. The van der Waals surface area contributed by atoms with Gasteiger partial charge in [-0.05, 0) is 31.1 Å². The molecule has 3 fully saturated rings. The lowest BCUT2D eigenvalue weighted by atomic mass is 9.48. The van der Waals surface area contributed by atoms with E-state index < -0.39 is 22.7 Å². The van der Waals surface area contributed by atoms with Crippen molar-refractivity contribution in [3.63, 3.8) is 0 Å². The summed E-state index contributed by atoms with van der Waals surface area (Å²) >= 11 is 0. The zero-order valence-corrected chi connectivity index (χ0v) is 16.6. The lowest BCUT2D eigenvalue weighted by Gasteiger charge is -2.52. The van der Waals surface area contributed by atoms with Gasteiger partial charge in [-0.15, -0.1) is 0 Å². The maximum absolute atomic E-state index is 13.1. The van der Waals surface area contributed by atoms with Crippen LogP contribution in [-0.4, -0.2) is 40.9 Å². The van der Waals surface area contributed by atoms with Gasteiger partial charge in [-0.25, -0.2) is 0 Å². The average Bonchev–Trinajstić information content (AvgIpc) is 2.90. The predicted molar refractivity (Wildman–Crippen MR) is 99.3 cm³/mol. The minimum atomic E-state index is -0.987. The Morgan fingerprint density at radius 3 is 2.43 bits per heavy atom. The van der Waals surface area contributed by atoms with Gasteiger partial charge in [-0.3, -0.25) is 24.0 Å². The lowest BCUT2D eigenvalue weighted by Crippen LogP contribution is -2.56. The molecule has 3 aliphatic carbocycles. The molecule has 2 N–H and O–H groups in total. The van der Waals surface area contributed by atoms with E-state index in [4.69, 9.17) is 5.11 Å². The minimum absolute atomic E-state index is 0.0131. The molecule has 0 bridgehead atoms. The molecule has 0 aliphatic heterocycles. The van der Waals surface area contributed by atoms with Gasteiger partial charge in [-0.2, -0.15) is 0 Å². The molecule has 28 heavy (non-hydrogen) atoms. The second kappa shape index (κ2) is 7.41. The van der Waals surface area contributed by atoms with E-state index in [1.54, 1.807) is 6.92 Å². The largest absolute Gasteiger partial charge is 0.481 e. The van der Waals surface area contributed by atoms with Crippen LogP contribution in [0.4, 0.5) is 0 Å². The summed E-state index contributed by atoms with van der Waals surface area (Å²) < 4.78 is 0. The van der Waals surface area contributed by atoms with E-state index in [0.717, 1.165) is 6.42 Å². The second-order valence-corrected chi connectivity index (χ2v) is 9.14. The number of carbonyl (C=O) groups is 5. The van der Waals surface area contributed by atoms with E-state index in [0.29, 0.717) is 19.3 Å². The van der Waals surface area contributed by atoms with E-state index in [-0.39, 0.29) is 67.3 Å². The predicted octanol–water partition coefficient (Wildman–Crippen LogP) is 1.92. The molecule has 0 aromatic rings. The van der Waals surface area contributed by atoms with Crippen LogP contribution in [0.15, 0.2) is 0 Å². The summed E-state index contributed by atoms with van der Waals surface area (Å²) in [7, 11) is 0. The molecule has 1 amide bonds. The van der Waals surface area contributed by atoms with Gasteiger partial charge < -0.3 is 10.4 Å². The molecule has 0 aromatic carbocycles. The fourth-order valence-electron chi connectivity index (χ4n) is 5.97. The summed E-state index contributed by atoms with van der Waals surface area (Å²) in [6.45, 7) is 3.76. The van der Waals surface area contributed by atoms with Crippen LogP contribution in [0, 0.1) is 28.6 Å². The van der Waals surface area contributed by atoms with Crippen molar-refractivity contribution in [3.05, 3.63) is 0 Å². The first-order valence-corrected chi connectivity index (χ1v) is 10.2. The fourth-order valence-corrected chi connectivity index (χ4v) is 5.97. The number of carbonyl (C=O) groups excluding carboxylic acids is 4. The fraction of sp³-hybridized carbons (Fsp3) is 0.762. The van der Waals surface area contributed by atoms with Crippen LogP contribution in [-0.2, 0) is 24.0 Å². The first-order valence-electron chi connectivity index (χ1n) is 10.2. The maximum Gasteiger partial charge on any atom is 0.305 e. The first-order chi connectivity index (χ1) is 13.1. The number of amides is 1. The molecular weight excluding hydrogens is 362 g/mol. The van der Waals surface area contributed by atoms with Crippen LogP contribution in [0.5, 0.6) is 0 Å². The third kappa shape index (κ3) is 3.40. The van der Waals surface area contributed by atoms with E-state index in [1.807, 2.05) is 6.92 Å². The molecule has 5 atom stereocenters. The third-order valence-corrected chi connectivity index (χ3v) is 7.53. The molecule has 0 aromatic heterocycles. The highest BCUT2D eigenvalue weighted by Gasteiger charge is 2.62. The summed E-state index contributed by atoms with van der Waals surface area (Å²) in [6, 6.07) is 0. The zero-order valence-electron chi connectivity index (χ0n) is 16.6. The Morgan fingerprint density at radius 1 is 1.07 bits per heavy atom. The van der Waals surface area contributed by atoms with Crippen LogP contribution in [0.25, 0.3) is 0 Å². The number of hydrogen-bond donors (Lipinski definition) is 2. The van der Waals surface area contributed by atoms with Crippen LogP contribution in [0.2, 0.25) is 0 Å². The molecule has 0 heterocycles. The molecule has 0 saturated heterocycles. The van der Waals surface area contributed by atoms with Gasteiger partial charge in [0.05, 0.1) is 6.42 Å². The van der Waals surface area contributed by atoms with Crippen LogP contribution < -0.4 is 5.32 Å². The molecule has 3 aliphatic rings. The number of ketones is 3. The number of aliphatic carboxylic acids is 1. The summed E-state index contributed by atoms with van der Waals surface area (Å²) in [5, 5.41) is 11.2. The molecular formula is C21H29NO6. The van der Waals surface area contributed by atoms with E-state index in [2.05, 4.69) is 5.32 Å². The number of Topliss-reactive ketones (excluding diaryl/α,β-unsaturated/α-hetero) is 3. The number of carboxylic acids is 1. The van der Waals surface area contributed by atoms with Crippen LogP contribution >= 0.6 is 0 Å². The van der Waals surface area contributed by atoms with Gasteiger partial charge in [-0.1, -0.05) is 13.8 Å². The quantitative estimate of drug-likeness (QED) is 0.714. The Hall–Kier alpha value is -2.05. The Kier molecular flexibility index (Phi) is 5.47. The Balaban J connectivity index is 1.74. The van der Waals surface area contributed by atoms with Gasteiger partial charge in [0.2, 0.25) is 5.91 Å². The van der Waals surface area contributed by atoms with Crippen LogP contribution in [0.1, 0.15) is 65.2 Å². The van der Waals surface area contributed by atoms with Crippen molar-refractivity contribution in [2.45, 2.75) is 65.2 Å². The van der Waals surface area contributed by atoms with Gasteiger partial charge in [0.1, 0.15) is 17.3 Å². The second-order valence-electron chi connectivity index (χ2n) is 9.14. The highest BCUT2D eigenvalue weighted by atomic mass is 16.4. The molecule has 0 radical (unpaired) electrons. The molecule has 7 nitrogen and oxygen atoms in total. The van der Waals surface area contributed by atoms with Crippen molar-refractivity contribution in [2.24, 2.45) is 28.6 Å². The van der Waals surface area contributed by atoms with Crippen molar-refractivity contribution in [2.75, 3.05) is 6.54 Å². The van der Waals surface area contributed by atoms with E-state index in [9.17, 15) is 24.0 Å². The Bertz CT molecular complexity index is 730. The summed E-state index contributed by atoms with van der Waals surface area (Å²) in [5.74, 6) is -1.38. The highest BCUT2D eigenvalue weighted by Crippen LogP contribution is 2.60. The summed E-state index contributed by atoms with van der Waals surface area (Å²) in [5.41, 5.74) is -1.48. The van der Waals surface area contributed by atoms with Gasteiger partial charge in [0, 0.05) is 49.0 Å². The van der Waals surface area contributed by atoms with Crippen LogP contribution in [0.3, 0.4) is 0 Å². The normalized spacial score (nSPS) is 37.4. The van der Waals surface area contributed by atoms with Crippen molar-refractivity contribution in [1.82, 2.24) is 5.32 Å². The molecule has 3 rings (SSSR count). The smallest absolute Gasteiger partial charge is 0.305 e. The maximum atomic E-state index is 13.1. The third-order valence-electron chi connectivity index (χ3n) is 7.53. The Morgan fingerprint density at radius 2 is 1.75 bits per heavy atom. The monoisotopic (exact) mass is 391 g/mol. The highest BCUT2D eigenvalue weighted by molar-refractivity contribution is 5.99. The van der Waals surface area contributed by atoms with Gasteiger partial charge in [0.25, 0.3) is 0 Å². The van der Waals surface area contributed by atoms with E-state index >= 15 is 0 Å². The number of fused-ring (bicyclic) bond motifs is 3.